The van der Waals surface area contributed by atoms with Crippen molar-refractivity contribution in [2.75, 3.05) is 66.6 Å². The summed E-state index contributed by atoms with van der Waals surface area (Å²) >= 11 is 0. The highest BCUT2D eigenvalue weighted by atomic mass is 19.4. The summed E-state index contributed by atoms with van der Waals surface area (Å²) in [6, 6.07) is 11.9. The van der Waals surface area contributed by atoms with Crippen LogP contribution in [0.2, 0.25) is 0 Å². The number of benzene rings is 1. The smallest absolute Gasteiger partial charge is 0.475 e. The molecule has 0 radical (unpaired) electrons. The monoisotopic (exact) mass is 638 g/mol. The van der Waals surface area contributed by atoms with Crippen molar-refractivity contribution in [1.29, 1.82) is 0 Å². The molecule has 0 bridgehead atoms. The van der Waals surface area contributed by atoms with Crippen LogP contribution in [0.5, 0.6) is 0 Å². The SMILES string of the molecule is CN(C)CCN1CCOCC2(CCCN(C(=O)c3ccc(-n4cccc4)cc3)C2)C1.O=C(O)C(F)(F)F.O=C(O)C(F)(F)F. The minimum Gasteiger partial charge on any atom is -0.475 e. The molecule has 4 rings (SSSR count). The molecule has 2 aliphatic rings. The Balaban J connectivity index is 0.000000402. The molecule has 1 aromatic heterocycles. The lowest BCUT2D eigenvalue weighted by molar-refractivity contribution is -0.193. The first kappa shape index (κ1) is 36.6. The molecule has 246 valence electrons. The van der Waals surface area contributed by atoms with Crippen LogP contribution in [0.3, 0.4) is 0 Å². The predicted octanol–water partition coefficient (Wildman–Crippen LogP) is 3.86. The fourth-order valence-electron chi connectivity index (χ4n) is 4.71. The van der Waals surface area contributed by atoms with E-state index in [0.29, 0.717) is 0 Å². The second kappa shape index (κ2) is 15.9. The number of rotatable bonds is 5. The van der Waals surface area contributed by atoms with E-state index in [2.05, 4.69) is 28.5 Å². The van der Waals surface area contributed by atoms with Gasteiger partial charge in [0.05, 0.1) is 13.2 Å². The van der Waals surface area contributed by atoms with E-state index in [-0.39, 0.29) is 11.3 Å². The number of likely N-dealkylation sites (tertiary alicyclic amines) is 1. The van der Waals surface area contributed by atoms with Gasteiger partial charge >= 0.3 is 24.3 Å². The zero-order chi connectivity index (χ0) is 33.1. The van der Waals surface area contributed by atoms with Crippen LogP contribution < -0.4 is 0 Å². The first-order chi connectivity index (χ1) is 20.4. The summed E-state index contributed by atoms with van der Waals surface area (Å²) in [6.07, 6.45) is -3.97. The molecule has 2 N–H and O–H groups in total. The Labute approximate surface area is 250 Å². The van der Waals surface area contributed by atoms with Gasteiger partial charge in [0.15, 0.2) is 0 Å². The number of carbonyl (C=O) groups is 3. The van der Waals surface area contributed by atoms with Crippen molar-refractivity contribution in [3.63, 3.8) is 0 Å². The number of likely N-dealkylation sites (N-methyl/N-ethyl adjacent to an activating group) is 1. The van der Waals surface area contributed by atoms with Crippen molar-refractivity contribution in [3.05, 3.63) is 54.4 Å². The number of ether oxygens (including phenoxy) is 1. The summed E-state index contributed by atoms with van der Waals surface area (Å²) in [5.41, 5.74) is 1.88. The van der Waals surface area contributed by atoms with Gasteiger partial charge in [0.25, 0.3) is 5.91 Å². The van der Waals surface area contributed by atoms with E-state index in [4.69, 9.17) is 24.5 Å². The van der Waals surface area contributed by atoms with E-state index in [9.17, 15) is 31.1 Å². The molecule has 1 atom stereocenters. The largest absolute Gasteiger partial charge is 0.490 e. The van der Waals surface area contributed by atoms with Crippen molar-refractivity contribution in [3.8, 4) is 5.69 Å². The molecule has 3 heterocycles. The van der Waals surface area contributed by atoms with Crippen LogP contribution in [0, 0.1) is 5.41 Å². The fraction of sp³-hybridized carbons (Fsp3) is 0.536. The van der Waals surface area contributed by atoms with E-state index in [1.165, 1.54) is 0 Å². The molecule has 1 spiro atoms. The lowest BCUT2D eigenvalue weighted by Gasteiger charge is -2.43. The van der Waals surface area contributed by atoms with Gasteiger partial charge in [-0.2, -0.15) is 26.3 Å². The van der Waals surface area contributed by atoms with Gasteiger partial charge in [0.2, 0.25) is 0 Å². The maximum Gasteiger partial charge on any atom is 0.490 e. The van der Waals surface area contributed by atoms with Gasteiger partial charge < -0.3 is 29.3 Å². The first-order valence-corrected chi connectivity index (χ1v) is 13.5. The van der Waals surface area contributed by atoms with Gasteiger partial charge in [0, 0.05) is 68.3 Å². The van der Waals surface area contributed by atoms with E-state index in [1.807, 2.05) is 53.7 Å². The second-order valence-corrected chi connectivity index (χ2v) is 10.7. The van der Waals surface area contributed by atoms with Gasteiger partial charge in [-0.15, -0.1) is 0 Å². The maximum absolute atomic E-state index is 13.3. The molecule has 44 heavy (non-hydrogen) atoms. The number of aliphatic carboxylic acids is 2. The summed E-state index contributed by atoms with van der Waals surface area (Å²) in [5.74, 6) is -5.38. The van der Waals surface area contributed by atoms with E-state index < -0.39 is 24.3 Å². The Kier molecular flexibility index (Phi) is 13.2. The minimum atomic E-state index is -5.08. The number of piperidine rings is 1. The van der Waals surface area contributed by atoms with Gasteiger partial charge in [-0.3, -0.25) is 9.69 Å². The van der Waals surface area contributed by atoms with E-state index in [0.717, 1.165) is 76.6 Å². The molecule has 1 amide bonds. The Bertz CT molecular complexity index is 1180. The summed E-state index contributed by atoms with van der Waals surface area (Å²) in [7, 11) is 4.24. The fourth-order valence-corrected chi connectivity index (χ4v) is 4.71. The van der Waals surface area contributed by atoms with Crippen molar-refractivity contribution in [2.24, 2.45) is 5.41 Å². The molecule has 10 nitrogen and oxygen atoms in total. The van der Waals surface area contributed by atoms with Gasteiger partial charge in [-0.25, -0.2) is 9.59 Å². The molecule has 2 aromatic rings. The standard InChI is InChI=1S/C24H34N4O2.2C2HF3O2/c1-25(2)14-15-26-16-17-30-20-24(18-26)10-5-13-28(19-24)23(29)21-6-8-22(9-7-21)27-11-3-4-12-27;2*3-2(4,5)1(6)7/h3-4,6-9,11-12H,5,10,13-20H2,1-2H3;2*(H,6,7). The molecule has 1 unspecified atom stereocenters. The Morgan fingerprint density at radius 2 is 1.45 bits per heavy atom. The summed E-state index contributed by atoms with van der Waals surface area (Å²) < 4.78 is 71.5. The third-order valence-corrected chi connectivity index (χ3v) is 6.83. The van der Waals surface area contributed by atoms with Crippen LogP contribution in [0.15, 0.2) is 48.8 Å². The zero-order valence-electron chi connectivity index (χ0n) is 24.3. The number of aromatic nitrogens is 1. The molecule has 2 fully saturated rings. The van der Waals surface area contributed by atoms with Crippen molar-refractivity contribution in [2.45, 2.75) is 25.2 Å². The number of alkyl halides is 6. The molecular weight excluding hydrogens is 602 g/mol. The normalized spacial score (nSPS) is 19.3. The minimum absolute atomic E-state index is 0.0435. The third-order valence-electron chi connectivity index (χ3n) is 6.83. The van der Waals surface area contributed by atoms with Crippen LogP contribution in [-0.4, -0.2) is 126 Å². The third kappa shape index (κ3) is 11.8. The highest BCUT2D eigenvalue weighted by Gasteiger charge is 2.41. The van der Waals surface area contributed by atoms with Crippen LogP contribution in [-0.2, 0) is 14.3 Å². The highest BCUT2D eigenvalue weighted by molar-refractivity contribution is 5.94. The number of hydrogen-bond acceptors (Lipinski definition) is 6. The van der Waals surface area contributed by atoms with Gasteiger partial charge in [0.1, 0.15) is 0 Å². The highest BCUT2D eigenvalue weighted by Crippen LogP contribution is 2.33. The number of carboxylic acids is 2. The van der Waals surface area contributed by atoms with E-state index in [1.54, 1.807) is 0 Å². The first-order valence-electron chi connectivity index (χ1n) is 13.5. The molecule has 0 aliphatic carbocycles. The van der Waals surface area contributed by atoms with Crippen LogP contribution in [0.1, 0.15) is 23.2 Å². The number of nitrogens with zero attached hydrogens (tertiary/aromatic N) is 4. The topological polar surface area (TPSA) is 116 Å². The Hall–Kier alpha value is -3.63. The van der Waals surface area contributed by atoms with Crippen molar-refractivity contribution >= 4 is 17.8 Å². The number of hydrogen-bond donors (Lipinski definition) is 2. The summed E-state index contributed by atoms with van der Waals surface area (Å²) in [4.78, 5) is 37.9. The predicted molar refractivity (Wildman–Crippen MR) is 147 cm³/mol. The second-order valence-electron chi connectivity index (χ2n) is 10.7. The molecule has 1 aromatic carbocycles. The Morgan fingerprint density at radius 1 is 0.909 bits per heavy atom. The quantitative estimate of drug-likeness (QED) is 0.475. The van der Waals surface area contributed by atoms with Gasteiger partial charge in [-0.05, 0) is 63.3 Å². The average molecular weight is 639 g/mol. The zero-order valence-corrected chi connectivity index (χ0v) is 24.3. The van der Waals surface area contributed by atoms with E-state index >= 15 is 0 Å². The molecule has 2 saturated heterocycles. The number of carbonyl (C=O) groups excluding carboxylic acids is 1. The molecule has 0 saturated carbocycles. The molecule has 16 heteroatoms. The number of carboxylic acid groups (broad SMARTS) is 2. The van der Waals surface area contributed by atoms with Crippen molar-refractivity contribution < 1.29 is 55.7 Å². The lowest BCUT2D eigenvalue weighted by atomic mass is 9.80. The maximum atomic E-state index is 13.3. The summed E-state index contributed by atoms with van der Waals surface area (Å²) in [5, 5.41) is 14.2. The number of halogens is 6. The Morgan fingerprint density at radius 3 is 1.95 bits per heavy atom. The van der Waals surface area contributed by atoms with Crippen LogP contribution >= 0.6 is 0 Å². The van der Waals surface area contributed by atoms with Gasteiger partial charge in [-0.1, -0.05) is 0 Å². The summed E-state index contributed by atoms with van der Waals surface area (Å²) in [6.45, 7) is 7.23. The molecule has 2 aliphatic heterocycles. The van der Waals surface area contributed by atoms with Crippen LogP contribution in [0.4, 0.5) is 26.3 Å². The van der Waals surface area contributed by atoms with Crippen LogP contribution in [0.25, 0.3) is 5.69 Å². The van der Waals surface area contributed by atoms with Crippen molar-refractivity contribution in [1.82, 2.24) is 19.3 Å². The number of amides is 1. The molecular formula is C28H36F6N4O6. The lowest BCUT2D eigenvalue weighted by Crippen LogP contribution is -2.52. The average Bonchev–Trinajstić information content (AvgIpc) is 3.41.